The van der Waals surface area contributed by atoms with Gasteiger partial charge in [0.1, 0.15) is 5.75 Å². The molecule has 9 heteroatoms. The highest BCUT2D eigenvalue weighted by atomic mass is 19.4. The van der Waals surface area contributed by atoms with Crippen molar-refractivity contribution in [3.05, 3.63) is 36.7 Å². The van der Waals surface area contributed by atoms with E-state index >= 15 is 0 Å². The van der Waals surface area contributed by atoms with Crippen LogP contribution in [-0.4, -0.2) is 43.4 Å². The average molecular weight is 343 g/mol. The summed E-state index contributed by atoms with van der Waals surface area (Å²) in [5, 5.41) is 2.94. The molecular weight excluding hydrogens is 327 g/mol. The molecule has 0 saturated heterocycles. The first-order chi connectivity index (χ1) is 11.4. The molecule has 0 aliphatic carbocycles. The van der Waals surface area contributed by atoms with Crippen LogP contribution in [0.1, 0.15) is 0 Å². The van der Waals surface area contributed by atoms with Crippen molar-refractivity contribution < 1.29 is 27.4 Å². The molecule has 2 aromatic rings. The van der Waals surface area contributed by atoms with Crippen molar-refractivity contribution >= 4 is 5.95 Å². The van der Waals surface area contributed by atoms with Crippen LogP contribution in [0.4, 0.5) is 19.1 Å². The van der Waals surface area contributed by atoms with Crippen LogP contribution in [-0.2, 0) is 9.47 Å². The Kier molecular flexibility index (Phi) is 5.93. The van der Waals surface area contributed by atoms with E-state index in [-0.39, 0.29) is 5.75 Å². The van der Waals surface area contributed by atoms with Gasteiger partial charge >= 0.3 is 6.36 Å². The quantitative estimate of drug-likeness (QED) is 0.780. The van der Waals surface area contributed by atoms with Crippen molar-refractivity contribution in [2.45, 2.75) is 12.7 Å². The van der Waals surface area contributed by atoms with Crippen LogP contribution >= 0.6 is 0 Å². The Hall–Kier alpha value is -2.39. The van der Waals surface area contributed by atoms with E-state index in [9.17, 15) is 13.2 Å². The third kappa shape index (κ3) is 5.36. The molecule has 6 nitrogen and oxygen atoms in total. The van der Waals surface area contributed by atoms with E-state index in [1.807, 2.05) is 0 Å². The molecule has 0 aliphatic heterocycles. The fourth-order valence-corrected chi connectivity index (χ4v) is 1.85. The molecule has 0 amide bonds. The summed E-state index contributed by atoms with van der Waals surface area (Å²) in [6.45, 7) is 0.371. The average Bonchev–Trinajstić information content (AvgIpc) is 2.56. The van der Waals surface area contributed by atoms with Crippen LogP contribution in [0.15, 0.2) is 36.7 Å². The van der Waals surface area contributed by atoms with Gasteiger partial charge in [0.15, 0.2) is 6.29 Å². The molecule has 0 bridgehead atoms. The van der Waals surface area contributed by atoms with Crippen LogP contribution in [0.3, 0.4) is 0 Å². The molecule has 0 spiro atoms. The molecule has 0 fully saturated rings. The lowest BCUT2D eigenvalue weighted by atomic mass is 10.1. The molecule has 0 aliphatic rings. The molecule has 0 unspecified atom stereocenters. The van der Waals surface area contributed by atoms with E-state index in [0.29, 0.717) is 23.6 Å². The number of hydrogen-bond acceptors (Lipinski definition) is 6. The fraction of sp³-hybridized carbons (Fsp3) is 0.333. The van der Waals surface area contributed by atoms with Gasteiger partial charge in [-0.15, -0.1) is 13.2 Å². The number of ether oxygens (including phenoxy) is 3. The summed E-state index contributed by atoms with van der Waals surface area (Å²) in [6.07, 6.45) is -2.01. The summed E-state index contributed by atoms with van der Waals surface area (Å²) in [5.41, 5.74) is 1.33. The van der Waals surface area contributed by atoms with Crippen LogP contribution < -0.4 is 10.1 Å². The minimum absolute atomic E-state index is 0.282. The molecule has 1 aromatic heterocycles. The van der Waals surface area contributed by atoms with E-state index in [2.05, 4.69) is 20.0 Å². The fourth-order valence-electron chi connectivity index (χ4n) is 1.85. The number of rotatable bonds is 7. The summed E-state index contributed by atoms with van der Waals surface area (Å²) >= 11 is 0. The highest BCUT2D eigenvalue weighted by Crippen LogP contribution is 2.26. The van der Waals surface area contributed by atoms with Crippen molar-refractivity contribution in [2.75, 3.05) is 26.1 Å². The lowest BCUT2D eigenvalue weighted by Crippen LogP contribution is -2.24. The number of benzene rings is 1. The first kappa shape index (κ1) is 18.0. The van der Waals surface area contributed by atoms with E-state index in [0.717, 1.165) is 0 Å². The molecule has 24 heavy (non-hydrogen) atoms. The van der Waals surface area contributed by atoms with Gasteiger partial charge in [-0.1, -0.05) is 12.1 Å². The predicted octanol–water partition coefficient (Wildman–Crippen LogP) is 3.07. The number of halogens is 3. The van der Waals surface area contributed by atoms with Crippen LogP contribution in [0, 0.1) is 0 Å². The maximum absolute atomic E-state index is 12.1. The highest BCUT2D eigenvalue weighted by molar-refractivity contribution is 5.62. The summed E-state index contributed by atoms with van der Waals surface area (Å²) in [4.78, 5) is 8.27. The van der Waals surface area contributed by atoms with Crippen LogP contribution in [0.5, 0.6) is 5.75 Å². The van der Waals surface area contributed by atoms with Gasteiger partial charge in [-0.05, 0) is 17.7 Å². The van der Waals surface area contributed by atoms with Crippen molar-refractivity contribution in [3.8, 4) is 16.9 Å². The van der Waals surface area contributed by atoms with Crippen LogP contribution in [0.25, 0.3) is 11.1 Å². The zero-order chi connectivity index (χ0) is 17.6. The second-order valence-corrected chi connectivity index (χ2v) is 4.65. The zero-order valence-corrected chi connectivity index (χ0v) is 13.0. The van der Waals surface area contributed by atoms with Gasteiger partial charge in [0, 0.05) is 32.2 Å². The lowest BCUT2D eigenvalue weighted by molar-refractivity contribution is -0.274. The highest BCUT2D eigenvalue weighted by Gasteiger charge is 2.30. The molecule has 0 saturated carbocycles. The Balaban J connectivity index is 2.00. The van der Waals surface area contributed by atoms with Gasteiger partial charge in [0.2, 0.25) is 5.95 Å². The zero-order valence-electron chi connectivity index (χ0n) is 13.0. The Morgan fingerprint density at radius 2 is 1.58 bits per heavy atom. The van der Waals surface area contributed by atoms with Crippen LogP contribution in [0.2, 0.25) is 0 Å². The lowest BCUT2D eigenvalue weighted by Gasteiger charge is -2.14. The van der Waals surface area contributed by atoms with E-state index in [4.69, 9.17) is 9.47 Å². The van der Waals surface area contributed by atoms with E-state index in [1.54, 1.807) is 12.4 Å². The first-order valence-corrected chi connectivity index (χ1v) is 6.89. The maximum atomic E-state index is 12.1. The molecular formula is C15H16F3N3O3. The van der Waals surface area contributed by atoms with Gasteiger partial charge in [-0.25, -0.2) is 9.97 Å². The molecule has 1 aromatic carbocycles. The predicted molar refractivity (Wildman–Crippen MR) is 80.4 cm³/mol. The van der Waals surface area contributed by atoms with Gasteiger partial charge in [0.05, 0.1) is 6.54 Å². The minimum Gasteiger partial charge on any atom is -0.406 e. The third-order valence-electron chi connectivity index (χ3n) is 3.03. The summed E-state index contributed by atoms with van der Waals surface area (Å²) in [6, 6.07) is 5.46. The summed E-state index contributed by atoms with van der Waals surface area (Å²) < 4.78 is 50.2. The molecule has 0 radical (unpaired) electrons. The molecule has 2 rings (SSSR count). The Labute approximate surface area is 136 Å². The second-order valence-electron chi connectivity index (χ2n) is 4.65. The molecule has 130 valence electrons. The van der Waals surface area contributed by atoms with Gasteiger partial charge in [-0.3, -0.25) is 0 Å². The van der Waals surface area contributed by atoms with Crippen molar-refractivity contribution in [2.24, 2.45) is 0 Å². The Bertz CT molecular complexity index is 629. The first-order valence-electron chi connectivity index (χ1n) is 6.89. The van der Waals surface area contributed by atoms with Gasteiger partial charge in [0.25, 0.3) is 0 Å². The van der Waals surface area contributed by atoms with E-state index in [1.165, 1.54) is 38.5 Å². The van der Waals surface area contributed by atoms with Gasteiger partial charge < -0.3 is 19.5 Å². The number of aromatic nitrogens is 2. The Morgan fingerprint density at radius 3 is 2.08 bits per heavy atom. The topological polar surface area (TPSA) is 65.5 Å². The maximum Gasteiger partial charge on any atom is 0.573 e. The minimum atomic E-state index is -4.71. The number of methoxy groups -OCH3 is 2. The SMILES string of the molecule is COC(CNc1ncc(-c2ccc(OC(F)(F)F)cc2)cn1)OC. The number of alkyl halides is 3. The molecule has 0 atom stereocenters. The number of nitrogens with zero attached hydrogens (tertiary/aromatic N) is 2. The molecule has 1 N–H and O–H groups in total. The smallest absolute Gasteiger partial charge is 0.406 e. The monoisotopic (exact) mass is 343 g/mol. The molecule has 1 heterocycles. The van der Waals surface area contributed by atoms with E-state index < -0.39 is 12.7 Å². The third-order valence-corrected chi connectivity index (χ3v) is 3.03. The van der Waals surface area contributed by atoms with Crippen molar-refractivity contribution in [3.63, 3.8) is 0 Å². The summed E-state index contributed by atoms with van der Waals surface area (Å²) in [5.74, 6) is 0.102. The number of anilines is 1. The van der Waals surface area contributed by atoms with Crippen molar-refractivity contribution in [1.29, 1.82) is 0 Å². The van der Waals surface area contributed by atoms with Gasteiger partial charge in [-0.2, -0.15) is 0 Å². The Morgan fingerprint density at radius 1 is 1.00 bits per heavy atom. The van der Waals surface area contributed by atoms with Crippen molar-refractivity contribution in [1.82, 2.24) is 9.97 Å². The largest absolute Gasteiger partial charge is 0.573 e. The number of hydrogen-bond donors (Lipinski definition) is 1. The summed E-state index contributed by atoms with van der Waals surface area (Å²) in [7, 11) is 3.04. The second kappa shape index (κ2) is 7.93. The number of nitrogens with one attached hydrogen (secondary N) is 1. The normalized spacial score (nSPS) is 11.6. The standard InChI is InChI=1S/C15H16F3N3O3/c1-22-13(23-2)9-21-14-19-7-11(8-20-14)10-3-5-12(6-4-10)24-15(16,17)18/h3-8,13H,9H2,1-2H3,(H,19,20,21).